The summed E-state index contributed by atoms with van der Waals surface area (Å²) in [4.78, 5) is 14.5. The van der Waals surface area contributed by atoms with Gasteiger partial charge in [0.2, 0.25) is 5.91 Å². The van der Waals surface area contributed by atoms with Crippen molar-refractivity contribution in [2.45, 2.75) is 43.5 Å². The maximum Gasteiger partial charge on any atom is 0.387 e. The molecule has 2 aromatic carbocycles. The molecule has 180 valence electrons. The van der Waals surface area contributed by atoms with Gasteiger partial charge in [-0.1, -0.05) is 29.8 Å². The average Bonchev–Trinajstić information content (AvgIpc) is 3.35. The van der Waals surface area contributed by atoms with Crippen molar-refractivity contribution in [3.63, 3.8) is 0 Å². The summed E-state index contributed by atoms with van der Waals surface area (Å²) in [5.41, 5.74) is 1.44. The van der Waals surface area contributed by atoms with E-state index in [9.17, 15) is 27.1 Å². The second-order valence-corrected chi connectivity index (χ2v) is 9.97. The van der Waals surface area contributed by atoms with Gasteiger partial charge in [0.15, 0.2) is 0 Å². The Balaban J connectivity index is 1.53. The van der Waals surface area contributed by atoms with Crippen molar-refractivity contribution in [2.75, 3.05) is 0 Å². The van der Waals surface area contributed by atoms with Crippen molar-refractivity contribution >= 4 is 27.5 Å². The van der Waals surface area contributed by atoms with Crippen LogP contribution in [-0.2, 0) is 27.9 Å². The molecule has 3 aromatic rings. The molecule has 1 aliphatic rings. The molecule has 34 heavy (non-hydrogen) atoms. The Bertz CT molecular complexity index is 1290. The van der Waals surface area contributed by atoms with E-state index >= 15 is 0 Å². The Kier molecular flexibility index (Phi) is 6.61. The van der Waals surface area contributed by atoms with E-state index in [4.69, 9.17) is 11.6 Å². The minimum Gasteiger partial charge on any atom is -0.435 e. The van der Waals surface area contributed by atoms with E-state index < -0.39 is 28.7 Å². The summed E-state index contributed by atoms with van der Waals surface area (Å²) < 4.78 is 55.4. The highest BCUT2D eigenvalue weighted by Crippen LogP contribution is 2.32. The number of aromatic nitrogens is 2. The molecule has 1 aliphatic heterocycles. The minimum atomic E-state index is -4.08. The van der Waals surface area contributed by atoms with E-state index in [-0.39, 0.29) is 29.6 Å². The molecular weight excluding hydrogens is 492 g/mol. The van der Waals surface area contributed by atoms with Gasteiger partial charge >= 0.3 is 6.61 Å². The number of aliphatic hydroxyl groups excluding tert-OH is 1. The normalized spacial score (nSPS) is 15.3. The molecule has 1 N–H and O–H groups in total. The smallest absolute Gasteiger partial charge is 0.387 e. The van der Waals surface area contributed by atoms with Crippen LogP contribution in [-0.4, -0.2) is 46.2 Å². The fourth-order valence-corrected chi connectivity index (χ4v) is 5.25. The van der Waals surface area contributed by atoms with Gasteiger partial charge in [-0.25, -0.2) is 0 Å². The average molecular weight is 512 g/mol. The Morgan fingerprint density at radius 2 is 1.82 bits per heavy atom. The molecule has 0 aliphatic carbocycles. The first-order chi connectivity index (χ1) is 16.1. The van der Waals surface area contributed by atoms with Crippen LogP contribution in [0.25, 0.3) is 0 Å². The van der Waals surface area contributed by atoms with Gasteiger partial charge in [0, 0.05) is 23.3 Å². The molecule has 0 unspecified atom stereocenters. The Labute approximate surface area is 199 Å². The van der Waals surface area contributed by atoms with Gasteiger partial charge in [0.25, 0.3) is 10.0 Å². The highest BCUT2D eigenvalue weighted by Gasteiger charge is 2.36. The summed E-state index contributed by atoms with van der Waals surface area (Å²) in [7, 11) is -4.08. The molecule has 0 bridgehead atoms. The number of fused-ring (bicyclic) bond motifs is 1. The van der Waals surface area contributed by atoms with Crippen molar-refractivity contribution in [1.82, 2.24) is 14.1 Å². The highest BCUT2D eigenvalue weighted by atomic mass is 35.5. The third-order valence-corrected chi connectivity index (χ3v) is 7.34. The van der Waals surface area contributed by atoms with Crippen LogP contribution in [0.1, 0.15) is 29.7 Å². The molecule has 0 spiro atoms. The summed E-state index contributed by atoms with van der Waals surface area (Å²) in [5, 5.41) is 14.8. The molecule has 0 saturated heterocycles. The molecular formula is C22H20ClF2N3O5S. The molecule has 1 amide bonds. The third-order valence-electron chi connectivity index (χ3n) is 5.45. The number of halogens is 3. The van der Waals surface area contributed by atoms with Crippen molar-refractivity contribution in [1.29, 1.82) is 0 Å². The van der Waals surface area contributed by atoms with E-state index in [1.165, 1.54) is 18.0 Å². The first-order valence-corrected chi connectivity index (χ1v) is 12.0. The molecule has 8 nitrogen and oxygen atoms in total. The van der Waals surface area contributed by atoms with Crippen LogP contribution >= 0.6 is 11.6 Å². The number of hydrogen-bond acceptors (Lipinski definition) is 6. The van der Waals surface area contributed by atoms with Gasteiger partial charge in [-0.15, -0.1) is 0 Å². The number of nitrogens with zero attached hydrogens (tertiary/aromatic N) is 3. The van der Waals surface area contributed by atoms with Crippen LogP contribution < -0.4 is 4.74 Å². The van der Waals surface area contributed by atoms with Gasteiger partial charge in [-0.3, -0.25) is 4.79 Å². The zero-order valence-electron chi connectivity index (χ0n) is 17.8. The number of rotatable bonds is 7. The van der Waals surface area contributed by atoms with Gasteiger partial charge in [0.05, 0.1) is 29.2 Å². The van der Waals surface area contributed by atoms with Crippen LogP contribution in [0.3, 0.4) is 0 Å². The number of hydrogen-bond donors (Lipinski definition) is 1. The molecule has 2 heterocycles. The van der Waals surface area contributed by atoms with Crippen molar-refractivity contribution < 1.29 is 31.8 Å². The summed E-state index contributed by atoms with van der Waals surface area (Å²) in [6, 6.07) is 11.3. The summed E-state index contributed by atoms with van der Waals surface area (Å²) in [5.74, 6) is -1.41. The van der Waals surface area contributed by atoms with E-state index in [1.54, 1.807) is 24.3 Å². The SMILES string of the molecule is C[C@@H](O)[C@@H](C(=O)N1Cc2cn(S(=O)(=O)c3ccc(OC(F)F)cc3)nc2C1)c1ccccc1Cl. The maximum absolute atomic E-state index is 13.2. The van der Waals surface area contributed by atoms with Crippen LogP contribution in [0.5, 0.6) is 5.75 Å². The Hall–Kier alpha value is -3.02. The zero-order valence-corrected chi connectivity index (χ0v) is 19.4. The minimum absolute atomic E-state index is 0.0610. The second kappa shape index (κ2) is 9.32. The largest absolute Gasteiger partial charge is 0.435 e. The number of benzene rings is 2. The van der Waals surface area contributed by atoms with Crippen LogP contribution in [0.2, 0.25) is 5.02 Å². The third kappa shape index (κ3) is 4.63. The van der Waals surface area contributed by atoms with E-state index in [2.05, 4.69) is 9.84 Å². The Morgan fingerprint density at radius 3 is 2.41 bits per heavy atom. The molecule has 0 radical (unpaired) electrons. The lowest BCUT2D eigenvalue weighted by molar-refractivity contribution is -0.135. The number of carbonyl (C=O) groups excluding carboxylic acids is 1. The molecule has 1 aromatic heterocycles. The predicted molar refractivity (Wildman–Crippen MR) is 118 cm³/mol. The Morgan fingerprint density at radius 1 is 1.15 bits per heavy atom. The fraction of sp³-hybridized carbons (Fsp3) is 0.273. The lowest BCUT2D eigenvalue weighted by atomic mass is 9.92. The van der Waals surface area contributed by atoms with Crippen molar-refractivity contribution in [3.8, 4) is 5.75 Å². The van der Waals surface area contributed by atoms with E-state index in [1.807, 2.05) is 0 Å². The second-order valence-electron chi connectivity index (χ2n) is 7.76. The summed E-state index contributed by atoms with van der Waals surface area (Å²) in [6.45, 7) is -1.34. The number of aliphatic hydroxyl groups is 1. The number of amides is 1. The maximum atomic E-state index is 13.2. The topological polar surface area (TPSA) is 102 Å². The van der Waals surface area contributed by atoms with Crippen LogP contribution in [0.15, 0.2) is 59.6 Å². The van der Waals surface area contributed by atoms with Gasteiger partial charge in [-0.2, -0.15) is 26.4 Å². The molecule has 0 saturated carbocycles. The number of carbonyl (C=O) groups is 1. The summed E-state index contributed by atoms with van der Waals surface area (Å²) in [6.07, 6.45) is 0.312. The lowest BCUT2D eigenvalue weighted by Crippen LogP contribution is -2.36. The zero-order chi connectivity index (χ0) is 24.6. The standard InChI is InChI=1S/C22H20ClF2N3O5S/c1-13(29)20(17-4-2-3-5-18(17)23)21(30)27-10-14-11-28(26-19(14)12-27)34(31,32)16-8-6-15(7-9-16)33-22(24)25/h2-9,11,13,20,22,29H,10,12H2,1H3/t13-,20-/m1/s1. The van der Waals surface area contributed by atoms with E-state index in [0.717, 1.165) is 28.4 Å². The first kappa shape index (κ1) is 24.1. The highest BCUT2D eigenvalue weighted by molar-refractivity contribution is 7.89. The fourth-order valence-electron chi connectivity index (χ4n) is 3.83. The number of alkyl halides is 2. The monoisotopic (exact) mass is 511 g/mol. The summed E-state index contributed by atoms with van der Waals surface area (Å²) >= 11 is 6.24. The van der Waals surface area contributed by atoms with E-state index in [0.29, 0.717) is 21.8 Å². The molecule has 2 atom stereocenters. The van der Waals surface area contributed by atoms with Crippen molar-refractivity contribution in [2.24, 2.45) is 0 Å². The lowest BCUT2D eigenvalue weighted by Gasteiger charge is -2.26. The van der Waals surface area contributed by atoms with Crippen LogP contribution in [0.4, 0.5) is 8.78 Å². The predicted octanol–water partition coefficient (Wildman–Crippen LogP) is 3.38. The van der Waals surface area contributed by atoms with Gasteiger partial charge in [0.1, 0.15) is 5.75 Å². The quantitative estimate of drug-likeness (QED) is 0.522. The number of ether oxygens (including phenoxy) is 1. The molecule has 4 rings (SSSR count). The first-order valence-electron chi connectivity index (χ1n) is 10.2. The molecule has 12 heteroatoms. The van der Waals surface area contributed by atoms with Gasteiger partial charge in [-0.05, 0) is 42.8 Å². The van der Waals surface area contributed by atoms with Gasteiger partial charge < -0.3 is 14.7 Å². The molecule has 0 fully saturated rings. The van der Waals surface area contributed by atoms with Crippen molar-refractivity contribution in [3.05, 3.63) is 76.6 Å². The van der Waals surface area contributed by atoms with Crippen LogP contribution in [0, 0.1) is 0 Å².